The van der Waals surface area contributed by atoms with Crippen molar-refractivity contribution in [1.82, 2.24) is 0 Å². The molecule has 19 heteroatoms. The maximum absolute atomic E-state index is 13.5. The van der Waals surface area contributed by atoms with Gasteiger partial charge in [-0.05, 0) is 12.5 Å². The third-order valence-corrected chi connectivity index (χ3v) is 4.51. The SMILES string of the molecule is C=C(C)C(=O)OCCOC(=O)C(F)=C(F)C(F)(F)C(F)(F)C(F)(F)C(F)(F)C(F)(F)C(F)(F)F.C=Cc1ccccc1. The molecule has 0 unspecified atom stereocenters. The van der Waals surface area contributed by atoms with Crippen LogP contribution in [0.1, 0.15) is 12.5 Å². The van der Waals surface area contributed by atoms with E-state index in [0.717, 1.165) is 6.92 Å². The van der Waals surface area contributed by atoms with E-state index in [0.29, 0.717) is 0 Å². The molecule has 0 atom stereocenters. The number of rotatable bonds is 11. The number of halogens is 15. The quantitative estimate of drug-likeness (QED) is 0.107. The molecule has 238 valence electrons. The van der Waals surface area contributed by atoms with Crippen molar-refractivity contribution in [2.45, 2.75) is 42.7 Å². The van der Waals surface area contributed by atoms with Crippen LogP contribution >= 0.6 is 0 Å². The van der Waals surface area contributed by atoms with Crippen LogP contribution in [-0.2, 0) is 19.1 Å². The van der Waals surface area contributed by atoms with E-state index in [1.54, 1.807) is 0 Å². The maximum Gasteiger partial charge on any atom is 0.460 e. The molecule has 0 aliphatic heterocycles. The Morgan fingerprint density at radius 3 is 1.48 bits per heavy atom. The monoisotopic (exact) mass is 642 g/mol. The lowest BCUT2D eigenvalue weighted by atomic mass is 9.93. The lowest BCUT2D eigenvalue weighted by molar-refractivity contribution is -0.437. The van der Waals surface area contributed by atoms with Crippen molar-refractivity contribution in [1.29, 1.82) is 0 Å². The Hall–Kier alpha value is -3.67. The minimum Gasteiger partial charge on any atom is -0.459 e. The summed E-state index contributed by atoms with van der Waals surface area (Å²) in [4.78, 5) is 22.0. The van der Waals surface area contributed by atoms with Crippen LogP contribution < -0.4 is 0 Å². The molecule has 0 heterocycles. The largest absolute Gasteiger partial charge is 0.460 e. The van der Waals surface area contributed by atoms with E-state index >= 15 is 0 Å². The van der Waals surface area contributed by atoms with Gasteiger partial charge in [-0.1, -0.05) is 49.6 Å². The molecule has 0 radical (unpaired) electrons. The summed E-state index contributed by atoms with van der Waals surface area (Å²) in [5.74, 6) is -53.1. The summed E-state index contributed by atoms with van der Waals surface area (Å²) in [5.41, 5.74) is 0.923. The Labute approximate surface area is 226 Å². The average molecular weight is 642 g/mol. The van der Waals surface area contributed by atoms with E-state index < -0.39 is 72.6 Å². The first-order valence-electron chi connectivity index (χ1n) is 10.4. The molecule has 42 heavy (non-hydrogen) atoms. The Morgan fingerprint density at radius 1 is 0.714 bits per heavy atom. The fourth-order valence-electron chi connectivity index (χ4n) is 2.18. The van der Waals surface area contributed by atoms with E-state index in [4.69, 9.17) is 0 Å². The minimum atomic E-state index is -8.39. The van der Waals surface area contributed by atoms with Crippen molar-refractivity contribution in [3.8, 4) is 0 Å². The van der Waals surface area contributed by atoms with E-state index in [2.05, 4.69) is 22.6 Å². The zero-order valence-corrected chi connectivity index (χ0v) is 20.6. The van der Waals surface area contributed by atoms with Gasteiger partial charge in [0.05, 0.1) is 0 Å². The summed E-state index contributed by atoms with van der Waals surface area (Å²) in [6.07, 6.45) is -5.86. The van der Waals surface area contributed by atoms with Crippen LogP contribution in [0.4, 0.5) is 65.9 Å². The molecule has 0 saturated heterocycles. The van der Waals surface area contributed by atoms with Crippen LogP contribution in [0, 0.1) is 0 Å². The molecular formula is C23H17F15O4. The number of allylic oxidation sites excluding steroid dienone is 1. The van der Waals surface area contributed by atoms with Gasteiger partial charge in [-0.3, -0.25) is 0 Å². The third-order valence-electron chi connectivity index (χ3n) is 4.51. The van der Waals surface area contributed by atoms with Gasteiger partial charge in [-0.25, -0.2) is 14.0 Å². The molecule has 0 aliphatic carbocycles. The van der Waals surface area contributed by atoms with E-state index in [1.807, 2.05) is 36.4 Å². The summed E-state index contributed by atoms with van der Waals surface area (Å²) in [7, 11) is 0. The fourth-order valence-corrected chi connectivity index (χ4v) is 2.18. The second-order valence-corrected chi connectivity index (χ2v) is 7.66. The van der Waals surface area contributed by atoms with Gasteiger partial charge in [0.2, 0.25) is 11.7 Å². The second-order valence-electron chi connectivity index (χ2n) is 7.66. The summed E-state index contributed by atoms with van der Waals surface area (Å²) in [5, 5.41) is 0. The van der Waals surface area contributed by atoms with Crippen molar-refractivity contribution < 1.29 is 84.9 Å². The zero-order chi connectivity index (χ0) is 33.5. The lowest BCUT2D eigenvalue weighted by Crippen LogP contribution is -2.70. The number of ether oxygens (including phenoxy) is 2. The highest BCUT2D eigenvalue weighted by Crippen LogP contribution is 2.61. The predicted octanol–water partition coefficient (Wildman–Crippen LogP) is 7.87. The minimum absolute atomic E-state index is 0.251. The highest BCUT2D eigenvalue weighted by Gasteiger charge is 2.91. The van der Waals surface area contributed by atoms with E-state index in [-0.39, 0.29) is 5.57 Å². The number of alkyl halides is 13. The fraction of sp³-hybridized carbons (Fsp3) is 0.391. The number of esters is 2. The van der Waals surface area contributed by atoms with E-state index in [1.165, 1.54) is 5.56 Å². The van der Waals surface area contributed by atoms with Gasteiger partial charge in [0.25, 0.3) is 0 Å². The molecule has 0 saturated carbocycles. The van der Waals surface area contributed by atoms with Gasteiger partial charge in [0, 0.05) is 5.57 Å². The number of carbonyl (C=O) groups excluding carboxylic acids is 2. The number of carbonyl (C=O) groups is 2. The van der Waals surface area contributed by atoms with Crippen LogP contribution in [0.25, 0.3) is 6.08 Å². The number of hydrogen-bond donors (Lipinski definition) is 0. The molecule has 1 aromatic carbocycles. The molecular weight excluding hydrogens is 625 g/mol. The van der Waals surface area contributed by atoms with Crippen LogP contribution in [0.2, 0.25) is 0 Å². The molecule has 0 aliphatic rings. The van der Waals surface area contributed by atoms with Crippen LogP contribution in [-0.4, -0.2) is 60.9 Å². The smallest absolute Gasteiger partial charge is 0.459 e. The van der Waals surface area contributed by atoms with Gasteiger partial charge in [0.1, 0.15) is 13.2 Å². The number of benzene rings is 1. The first kappa shape index (κ1) is 38.3. The molecule has 0 fully saturated rings. The molecule has 1 rings (SSSR count). The topological polar surface area (TPSA) is 52.6 Å². The normalized spacial score (nSPS) is 13.7. The molecule has 0 N–H and O–H groups in total. The Balaban J connectivity index is 0.00000179. The van der Waals surface area contributed by atoms with Gasteiger partial charge in [-0.2, -0.15) is 61.5 Å². The highest BCUT2D eigenvalue weighted by atomic mass is 19.4. The summed E-state index contributed by atoms with van der Waals surface area (Å²) in [6.45, 7) is 5.45. The van der Waals surface area contributed by atoms with Crippen molar-refractivity contribution in [2.24, 2.45) is 0 Å². The Kier molecular flexibility index (Phi) is 12.4. The van der Waals surface area contributed by atoms with Gasteiger partial charge >= 0.3 is 47.7 Å². The van der Waals surface area contributed by atoms with Gasteiger partial charge in [-0.15, -0.1) is 0 Å². The van der Waals surface area contributed by atoms with Crippen molar-refractivity contribution >= 4 is 18.0 Å². The maximum atomic E-state index is 13.5. The molecule has 0 bridgehead atoms. The molecule has 0 aromatic heterocycles. The lowest BCUT2D eigenvalue weighted by Gasteiger charge is -2.39. The predicted molar refractivity (Wildman–Crippen MR) is 113 cm³/mol. The average Bonchev–Trinajstić information content (AvgIpc) is 2.89. The summed E-state index contributed by atoms with van der Waals surface area (Å²) in [6, 6.07) is 10.0. The summed E-state index contributed by atoms with van der Waals surface area (Å²) >= 11 is 0. The van der Waals surface area contributed by atoms with Gasteiger partial charge in [0.15, 0.2) is 0 Å². The van der Waals surface area contributed by atoms with Crippen LogP contribution in [0.15, 0.2) is 60.7 Å². The van der Waals surface area contributed by atoms with Gasteiger partial charge < -0.3 is 9.47 Å². The second kappa shape index (κ2) is 13.5. The van der Waals surface area contributed by atoms with Crippen molar-refractivity contribution in [3.63, 3.8) is 0 Å². The first-order valence-corrected chi connectivity index (χ1v) is 10.4. The highest BCUT2D eigenvalue weighted by molar-refractivity contribution is 5.87. The van der Waals surface area contributed by atoms with Crippen LogP contribution in [0.5, 0.6) is 0 Å². The summed E-state index contributed by atoms with van der Waals surface area (Å²) < 4.78 is 202. The van der Waals surface area contributed by atoms with Crippen LogP contribution in [0.3, 0.4) is 0 Å². The molecule has 0 amide bonds. The van der Waals surface area contributed by atoms with Crippen molar-refractivity contribution in [3.05, 3.63) is 66.3 Å². The standard InChI is InChI=1S/C15H9F15O4.C8H8/c1-5(2)8(31)33-3-4-34-9(32)6(16)7(17)10(18,19)11(20,21)12(22,23)13(24,25)14(26,27)15(28,29)30;1-2-8-6-4-3-5-7-8/h1,3-4H2,2H3;2-7H,1H2. The first-order chi connectivity index (χ1) is 18.8. The van der Waals surface area contributed by atoms with Crippen molar-refractivity contribution in [2.75, 3.05) is 13.2 Å². The molecule has 4 nitrogen and oxygen atoms in total. The Morgan fingerprint density at radius 2 is 1.12 bits per heavy atom. The molecule has 0 spiro atoms. The van der Waals surface area contributed by atoms with E-state index in [9.17, 15) is 75.4 Å². The third kappa shape index (κ3) is 7.78. The zero-order valence-electron chi connectivity index (χ0n) is 20.6. The number of hydrogen-bond acceptors (Lipinski definition) is 4. The Bertz CT molecular complexity index is 1160. The molecule has 1 aromatic rings.